The van der Waals surface area contributed by atoms with Gasteiger partial charge in [-0.05, 0) is 38.0 Å². The maximum atomic E-state index is 12.4. The monoisotopic (exact) mass is 332 g/mol. The average Bonchev–Trinajstić information content (AvgIpc) is 2.93. The van der Waals surface area contributed by atoms with E-state index in [0.29, 0.717) is 22.5 Å². The molecule has 0 aliphatic rings. The third kappa shape index (κ3) is 3.37. The van der Waals surface area contributed by atoms with Crippen LogP contribution in [-0.2, 0) is 13.1 Å². The predicted octanol–water partition coefficient (Wildman–Crippen LogP) is 2.33. The highest BCUT2D eigenvalue weighted by atomic mass is 35.5. The van der Waals surface area contributed by atoms with Crippen LogP contribution in [0.5, 0.6) is 0 Å². The lowest BCUT2D eigenvalue weighted by molar-refractivity contribution is 0.532. The van der Waals surface area contributed by atoms with Gasteiger partial charge >= 0.3 is 5.69 Å². The maximum absolute atomic E-state index is 12.4. The lowest BCUT2D eigenvalue weighted by atomic mass is 10.2. The number of hydrogen-bond donors (Lipinski definition) is 1. The Bertz CT molecular complexity index is 955. The molecule has 0 atom stereocenters. The van der Waals surface area contributed by atoms with E-state index in [9.17, 15) is 9.59 Å². The first-order valence-corrected chi connectivity index (χ1v) is 7.83. The van der Waals surface area contributed by atoms with E-state index in [2.05, 4.69) is 9.97 Å². The maximum Gasteiger partial charge on any atom is 0.328 e. The summed E-state index contributed by atoms with van der Waals surface area (Å²) in [5.74, 6) is 0. The van der Waals surface area contributed by atoms with E-state index in [0.717, 1.165) is 25.1 Å². The van der Waals surface area contributed by atoms with E-state index < -0.39 is 0 Å². The van der Waals surface area contributed by atoms with E-state index in [1.54, 1.807) is 24.5 Å². The molecule has 23 heavy (non-hydrogen) atoms. The molecule has 0 saturated carbocycles. The van der Waals surface area contributed by atoms with Gasteiger partial charge in [0.25, 0.3) is 5.56 Å². The molecule has 2 aromatic heterocycles. The van der Waals surface area contributed by atoms with E-state index in [-0.39, 0.29) is 11.2 Å². The minimum absolute atomic E-state index is 0.301. The molecule has 2 heterocycles. The van der Waals surface area contributed by atoms with Gasteiger partial charge in [-0.2, -0.15) is 0 Å². The normalized spacial score (nSPS) is 11.2. The molecule has 0 bridgehead atoms. The Morgan fingerprint density at radius 3 is 2.74 bits per heavy atom. The molecule has 0 aliphatic carbocycles. The van der Waals surface area contributed by atoms with E-state index in [4.69, 9.17) is 11.6 Å². The number of hydrogen-bond acceptors (Lipinski definition) is 3. The van der Waals surface area contributed by atoms with Crippen LogP contribution in [0.3, 0.4) is 0 Å². The Morgan fingerprint density at radius 1 is 1.22 bits per heavy atom. The van der Waals surface area contributed by atoms with Crippen LogP contribution in [0, 0.1) is 6.92 Å². The molecule has 0 aliphatic heterocycles. The number of imidazole rings is 1. The van der Waals surface area contributed by atoms with Crippen LogP contribution in [0.2, 0.25) is 5.02 Å². The Labute approximate surface area is 137 Å². The molecule has 0 fully saturated rings. The fourth-order valence-electron chi connectivity index (χ4n) is 2.58. The number of nitrogens with one attached hydrogen (secondary N) is 1. The van der Waals surface area contributed by atoms with Crippen molar-refractivity contribution in [1.82, 2.24) is 19.1 Å². The number of unbranched alkanes of at least 4 members (excludes halogenated alkanes) is 1. The summed E-state index contributed by atoms with van der Waals surface area (Å²) in [7, 11) is 0. The fourth-order valence-corrected chi connectivity index (χ4v) is 2.76. The van der Waals surface area contributed by atoms with Gasteiger partial charge in [-0.3, -0.25) is 9.36 Å². The molecule has 0 unspecified atom stereocenters. The predicted molar refractivity (Wildman–Crippen MR) is 90.0 cm³/mol. The number of rotatable bonds is 5. The van der Waals surface area contributed by atoms with Gasteiger partial charge in [0.1, 0.15) is 0 Å². The van der Waals surface area contributed by atoms with Gasteiger partial charge in [0.05, 0.1) is 22.9 Å². The van der Waals surface area contributed by atoms with Gasteiger partial charge in [0.15, 0.2) is 0 Å². The minimum Gasteiger partial charge on any atom is -0.337 e. The van der Waals surface area contributed by atoms with Gasteiger partial charge in [-0.15, -0.1) is 0 Å². The molecule has 0 spiro atoms. The molecule has 120 valence electrons. The molecule has 0 amide bonds. The summed E-state index contributed by atoms with van der Waals surface area (Å²) in [5.41, 5.74) is 0.798. The first-order chi connectivity index (χ1) is 11.0. The smallest absolute Gasteiger partial charge is 0.328 e. The highest BCUT2D eigenvalue weighted by Gasteiger charge is 2.08. The third-order valence-electron chi connectivity index (χ3n) is 3.75. The topological polar surface area (TPSA) is 72.7 Å². The third-order valence-corrected chi connectivity index (χ3v) is 3.99. The van der Waals surface area contributed by atoms with Crippen molar-refractivity contribution in [3.63, 3.8) is 0 Å². The van der Waals surface area contributed by atoms with Crippen molar-refractivity contribution in [2.24, 2.45) is 0 Å². The molecule has 0 radical (unpaired) electrons. The quantitative estimate of drug-likeness (QED) is 0.729. The van der Waals surface area contributed by atoms with Crippen LogP contribution in [0.1, 0.15) is 18.5 Å². The highest BCUT2D eigenvalue weighted by molar-refractivity contribution is 6.31. The van der Waals surface area contributed by atoms with Crippen LogP contribution in [0.25, 0.3) is 10.9 Å². The zero-order valence-electron chi connectivity index (χ0n) is 12.8. The Balaban J connectivity index is 1.75. The number of aryl methyl sites for hydroxylation is 2. The zero-order chi connectivity index (χ0) is 16.4. The Kier molecular flexibility index (Phi) is 4.34. The number of nitrogens with zero attached hydrogens (tertiary/aromatic N) is 3. The van der Waals surface area contributed by atoms with Crippen molar-refractivity contribution in [2.75, 3.05) is 0 Å². The second kappa shape index (κ2) is 6.42. The van der Waals surface area contributed by atoms with Crippen molar-refractivity contribution in [3.8, 4) is 0 Å². The Hall–Kier alpha value is -2.34. The van der Waals surface area contributed by atoms with Crippen LogP contribution in [0.15, 0.2) is 40.3 Å². The summed E-state index contributed by atoms with van der Waals surface area (Å²) >= 11 is 5.93. The molecular weight excluding hydrogens is 316 g/mol. The summed E-state index contributed by atoms with van der Waals surface area (Å²) in [5, 5.41) is 0.908. The first kappa shape index (κ1) is 15.6. The van der Waals surface area contributed by atoms with Crippen molar-refractivity contribution in [2.45, 2.75) is 32.9 Å². The van der Waals surface area contributed by atoms with Gasteiger partial charge in [-0.25, -0.2) is 9.78 Å². The number of benzene rings is 1. The van der Waals surface area contributed by atoms with E-state index in [1.165, 1.54) is 4.57 Å². The Morgan fingerprint density at radius 2 is 2.00 bits per heavy atom. The van der Waals surface area contributed by atoms with Crippen LogP contribution < -0.4 is 11.2 Å². The number of H-pyrrole nitrogens is 1. The van der Waals surface area contributed by atoms with Crippen molar-refractivity contribution < 1.29 is 0 Å². The first-order valence-electron chi connectivity index (χ1n) is 7.45. The van der Waals surface area contributed by atoms with Gasteiger partial charge in [-0.1, -0.05) is 11.6 Å². The van der Waals surface area contributed by atoms with Crippen LogP contribution in [-0.4, -0.2) is 19.1 Å². The number of aromatic amines is 1. The van der Waals surface area contributed by atoms with Gasteiger partial charge < -0.3 is 9.55 Å². The fraction of sp³-hybridized carbons (Fsp3) is 0.312. The molecule has 7 heteroatoms. The van der Waals surface area contributed by atoms with Crippen molar-refractivity contribution in [3.05, 3.63) is 62.3 Å². The molecule has 6 nitrogen and oxygen atoms in total. The second-order valence-corrected chi connectivity index (χ2v) is 5.97. The standard InChI is InChI=1S/C16H17ClN4O2/c1-11-9-20(10-18-11)6-2-3-7-21-15(22)13-8-12(17)4-5-14(13)19-16(21)23/h4-5,8-10H,2-3,6-7H2,1H3,(H,19,23). The van der Waals surface area contributed by atoms with Crippen molar-refractivity contribution >= 4 is 22.5 Å². The number of aromatic nitrogens is 4. The summed E-state index contributed by atoms with van der Waals surface area (Å²) in [6, 6.07) is 4.88. The average molecular weight is 333 g/mol. The van der Waals surface area contributed by atoms with E-state index >= 15 is 0 Å². The summed E-state index contributed by atoms with van der Waals surface area (Å²) in [4.78, 5) is 31.4. The summed E-state index contributed by atoms with van der Waals surface area (Å²) in [6.45, 7) is 3.13. The van der Waals surface area contributed by atoms with Crippen molar-refractivity contribution in [1.29, 1.82) is 0 Å². The zero-order valence-corrected chi connectivity index (χ0v) is 13.5. The lowest BCUT2D eigenvalue weighted by Crippen LogP contribution is -2.35. The molecule has 1 N–H and O–H groups in total. The minimum atomic E-state index is -0.386. The van der Waals surface area contributed by atoms with E-state index in [1.807, 2.05) is 17.7 Å². The van der Waals surface area contributed by atoms with Gasteiger partial charge in [0, 0.05) is 24.3 Å². The molecular formula is C16H17ClN4O2. The van der Waals surface area contributed by atoms with Gasteiger partial charge in [0.2, 0.25) is 0 Å². The molecule has 0 saturated heterocycles. The largest absolute Gasteiger partial charge is 0.337 e. The van der Waals surface area contributed by atoms with Crippen LogP contribution in [0.4, 0.5) is 0 Å². The number of fused-ring (bicyclic) bond motifs is 1. The summed E-state index contributed by atoms with van der Waals surface area (Å²) < 4.78 is 3.24. The lowest BCUT2D eigenvalue weighted by Gasteiger charge is -2.07. The highest BCUT2D eigenvalue weighted by Crippen LogP contribution is 2.13. The molecule has 3 rings (SSSR count). The second-order valence-electron chi connectivity index (χ2n) is 5.54. The molecule has 3 aromatic rings. The molecule has 1 aromatic carbocycles. The SMILES string of the molecule is Cc1cn(CCCCn2c(=O)[nH]c3ccc(Cl)cc3c2=O)cn1. The van der Waals surface area contributed by atoms with Crippen LogP contribution >= 0.6 is 11.6 Å². The summed E-state index contributed by atoms with van der Waals surface area (Å²) in [6.07, 6.45) is 5.34. The number of halogens is 1.